The van der Waals surface area contributed by atoms with Gasteiger partial charge >= 0.3 is 0 Å². The third-order valence-electron chi connectivity index (χ3n) is 5.73. The monoisotopic (exact) mass is 428 g/mol. The van der Waals surface area contributed by atoms with Crippen molar-refractivity contribution in [3.63, 3.8) is 0 Å². The Morgan fingerprint density at radius 3 is 1.56 bits per heavy atom. The van der Waals surface area contributed by atoms with E-state index in [2.05, 4.69) is 114 Å². The van der Waals surface area contributed by atoms with E-state index in [1.54, 1.807) is 0 Å². The second-order valence-corrected chi connectivity index (χ2v) is 14.6. The zero-order valence-corrected chi connectivity index (χ0v) is 20.6. The van der Waals surface area contributed by atoms with E-state index in [0.29, 0.717) is 12.1 Å². The molecule has 144 valence electrons. The molecule has 1 aromatic rings. The maximum atomic E-state index is 6.64. The van der Waals surface area contributed by atoms with Crippen LogP contribution in [0.15, 0.2) is 16.6 Å². The molecule has 0 aliphatic heterocycles. The number of halogens is 1. The first kappa shape index (κ1) is 22.7. The molecule has 1 rings (SSSR count). The van der Waals surface area contributed by atoms with Gasteiger partial charge in [-0.05, 0) is 83.4 Å². The summed E-state index contributed by atoms with van der Waals surface area (Å²) in [6.45, 7) is 15.9. The van der Waals surface area contributed by atoms with Crippen molar-refractivity contribution in [3.8, 4) is 5.75 Å². The SMILES string of the molecule is C[C@H](c1cc(O[Si](C)(C)C(C)(C)C)cc([C@@H](C)N(C)C)c1Br)N(C)C. The molecular weight excluding hydrogens is 392 g/mol. The van der Waals surface area contributed by atoms with Crippen LogP contribution in [-0.2, 0) is 0 Å². The molecule has 0 amide bonds. The molecule has 0 aromatic heterocycles. The molecule has 25 heavy (non-hydrogen) atoms. The summed E-state index contributed by atoms with van der Waals surface area (Å²) in [5.41, 5.74) is 2.56. The standard InChI is InChI=1S/C20H37BrN2OSi/c1-14(22(6)7)17-12-16(24-25(10,11)20(3,4)5)13-18(19(17)21)15(2)23(8)9/h12-15H,1-11H3/t14-,15-/m1/s1. The lowest BCUT2D eigenvalue weighted by Crippen LogP contribution is -2.44. The van der Waals surface area contributed by atoms with Crippen molar-refractivity contribution in [1.82, 2.24) is 9.80 Å². The molecule has 2 atom stereocenters. The van der Waals surface area contributed by atoms with Gasteiger partial charge in [0.2, 0.25) is 8.32 Å². The topological polar surface area (TPSA) is 15.7 Å². The van der Waals surface area contributed by atoms with Gasteiger partial charge in [-0.25, -0.2) is 0 Å². The summed E-state index contributed by atoms with van der Waals surface area (Å²) in [7, 11) is 6.60. The second kappa shape index (κ2) is 8.11. The lowest BCUT2D eigenvalue weighted by atomic mass is 9.99. The normalized spacial score (nSPS) is 15.6. The minimum absolute atomic E-state index is 0.181. The van der Waals surface area contributed by atoms with Gasteiger partial charge in [0, 0.05) is 16.6 Å². The third kappa shape index (κ3) is 5.31. The zero-order chi connectivity index (χ0) is 19.7. The fourth-order valence-electron chi connectivity index (χ4n) is 2.31. The van der Waals surface area contributed by atoms with Crippen molar-refractivity contribution in [2.75, 3.05) is 28.2 Å². The van der Waals surface area contributed by atoms with E-state index in [9.17, 15) is 0 Å². The Morgan fingerprint density at radius 2 is 1.28 bits per heavy atom. The van der Waals surface area contributed by atoms with E-state index in [4.69, 9.17) is 4.43 Å². The summed E-state index contributed by atoms with van der Waals surface area (Å²) in [6.07, 6.45) is 0. The average molecular weight is 430 g/mol. The van der Waals surface area contributed by atoms with Crippen LogP contribution < -0.4 is 4.43 Å². The highest BCUT2D eigenvalue weighted by Crippen LogP contribution is 2.41. The minimum atomic E-state index is -1.88. The molecule has 0 spiro atoms. The smallest absolute Gasteiger partial charge is 0.250 e. The maximum absolute atomic E-state index is 6.64. The average Bonchev–Trinajstić information content (AvgIpc) is 2.45. The molecule has 3 nitrogen and oxygen atoms in total. The molecule has 1 aromatic carbocycles. The fourth-order valence-corrected chi connectivity index (χ4v) is 4.22. The Bertz CT molecular complexity index is 559. The van der Waals surface area contributed by atoms with Crippen molar-refractivity contribution in [1.29, 1.82) is 0 Å². The van der Waals surface area contributed by atoms with Gasteiger partial charge in [0.05, 0.1) is 0 Å². The van der Waals surface area contributed by atoms with Crippen LogP contribution in [0.2, 0.25) is 18.1 Å². The molecule has 0 saturated carbocycles. The fraction of sp³-hybridized carbons (Fsp3) is 0.700. The first-order valence-electron chi connectivity index (χ1n) is 9.04. The van der Waals surface area contributed by atoms with E-state index in [1.165, 1.54) is 15.6 Å². The number of benzene rings is 1. The van der Waals surface area contributed by atoms with Gasteiger partial charge in [-0.2, -0.15) is 0 Å². The maximum Gasteiger partial charge on any atom is 0.250 e. The van der Waals surface area contributed by atoms with E-state index in [1.807, 2.05) is 0 Å². The van der Waals surface area contributed by atoms with Crippen LogP contribution in [0.5, 0.6) is 5.75 Å². The Kier molecular flexibility index (Phi) is 7.36. The number of nitrogens with zero attached hydrogens (tertiary/aromatic N) is 2. The molecule has 0 radical (unpaired) electrons. The lowest BCUT2D eigenvalue weighted by Gasteiger charge is -2.37. The summed E-state index contributed by atoms with van der Waals surface area (Å²) >= 11 is 3.87. The van der Waals surface area contributed by atoms with Gasteiger partial charge < -0.3 is 14.2 Å². The van der Waals surface area contributed by atoms with E-state index in [0.717, 1.165) is 5.75 Å². The molecule has 0 bridgehead atoms. The first-order valence-corrected chi connectivity index (χ1v) is 12.7. The Balaban J connectivity index is 3.49. The number of hydrogen-bond donors (Lipinski definition) is 0. The predicted octanol–water partition coefficient (Wildman–Crippen LogP) is 6.08. The van der Waals surface area contributed by atoms with E-state index in [-0.39, 0.29) is 5.04 Å². The lowest BCUT2D eigenvalue weighted by molar-refractivity contribution is 0.310. The van der Waals surface area contributed by atoms with Gasteiger partial charge in [-0.15, -0.1) is 0 Å². The highest BCUT2D eigenvalue weighted by Gasteiger charge is 2.39. The van der Waals surface area contributed by atoms with Gasteiger partial charge in [0.1, 0.15) is 5.75 Å². The molecule has 5 heteroatoms. The molecule has 0 unspecified atom stereocenters. The molecule has 0 fully saturated rings. The van der Waals surface area contributed by atoms with Gasteiger partial charge in [0.15, 0.2) is 0 Å². The Labute approximate surface area is 165 Å². The highest BCUT2D eigenvalue weighted by molar-refractivity contribution is 9.10. The Hall–Kier alpha value is -0.363. The van der Waals surface area contributed by atoms with Crippen molar-refractivity contribution >= 4 is 24.2 Å². The van der Waals surface area contributed by atoms with Crippen LogP contribution >= 0.6 is 15.9 Å². The molecule has 0 aliphatic carbocycles. The van der Waals surface area contributed by atoms with Gasteiger partial charge in [-0.3, -0.25) is 0 Å². The predicted molar refractivity (Wildman–Crippen MR) is 116 cm³/mol. The zero-order valence-electron chi connectivity index (χ0n) is 18.0. The van der Waals surface area contributed by atoms with Crippen LogP contribution in [0.4, 0.5) is 0 Å². The van der Waals surface area contributed by atoms with Crippen LogP contribution in [-0.4, -0.2) is 46.3 Å². The van der Waals surface area contributed by atoms with Crippen molar-refractivity contribution < 1.29 is 4.43 Å². The summed E-state index contributed by atoms with van der Waals surface area (Å²) in [5, 5.41) is 0.181. The van der Waals surface area contributed by atoms with E-state index < -0.39 is 8.32 Å². The van der Waals surface area contributed by atoms with E-state index >= 15 is 0 Å². The van der Waals surface area contributed by atoms with Crippen molar-refractivity contribution in [2.45, 2.75) is 64.8 Å². The van der Waals surface area contributed by atoms with Gasteiger partial charge in [-0.1, -0.05) is 36.7 Å². The first-order chi connectivity index (χ1) is 11.2. The summed E-state index contributed by atoms with van der Waals surface area (Å²) in [4.78, 5) is 4.47. The van der Waals surface area contributed by atoms with Crippen molar-refractivity contribution in [2.24, 2.45) is 0 Å². The van der Waals surface area contributed by atoms with Crippen molar-refractivity contribution in [3.05, 3.63) is 27.7 Å². The minimum Gasteiger partial charge on any atom is -0.543 e. The van der Waals surface area contributed by atoms with Gasteiger partial charge in [0.25, 0.3) is 0 Å². The highest BCUT2D eigenvalue weighted by atomic mass is 79.9. The summed E-state index contributed by atoms with van der Waals surface area (Å²) in [6, 6.07) is 5.07. The molecule has 0 aliphatic rings. The van der Waals surface area contributed by atoms with Crippen LogP contribution in [0.25, 0.3) is 0 Å². The molecule has 0 N–H and O–H groups in total. The summed E-state index contributed by atoms with van der Waals surface area (Å²) < 4.78 is 7.84. The van der Waals surface area contributed by atoms with Crippen LogP contribution in [0.1, 0.15) is 57.8 Å². The second-order valence-electron chi connectivity index (χ2n) is 9.06. The largest absolute Gasteiger partial charge is 0.543 e. The van der Waals surface area contributed by atoms with Crippen LogP contribution in [0, 0.1) is 0 Å². The van der Waals surface area contributed by atoms with Crippen LogP contribution in [0.3, 0.4) is 0 Å². The number of rotatable bonds is 6. The molecule has 0 heterocycles. The Morgan fingerprint density at radius 1 is 0.920 bits per heavy atom. The molecular formula is C20H37BrN2OSi. The quantitative estimate of drug-likeness (QED) is 0.510. The molecule has 0 saturated heterocycles. The summed E-state index contributed by atoms with van der Waals surface area (Å²) in [5.74, 6) is 1.00. The third-order valence-corrected chi connectivity index (χ3v) is 11.0. The number of hydrogen-bond acceptors (Lipinski definition) is 3.